The van der Waals surface area contributed by atoms with Crippen LogP contribution < -0.4 is 0 Å². The molecule has 0 radical (unpaired) electrons. The Hall–Kier alpha value is -1.64. The van der Waals surface area contributed by atoms with E-state index in [9.17, 15) is 4.79 Å². The molecule has 1 fully saturated rings. The average Bonchev–Trinajstić information content (AvgIpc) is 2.52. The minimum Gasteiger partial charge on any atom is -0.336 e. The van der Waals surface area contributed by atoms with E-state index < -0.39 is 0 Å². The molecule has 1 aliphatic carbocycles. The number of amides is 1. The summed E-state index contributed by atoms with van der Waals surface area (Å²) in [4.78, 5) is 19.5. The van der Waals surface area contributed by atoms with Crippen molar-refractivity contribution in [1.29, 1.82) is 0 Å². The SMILES string of the molecule is C/C=N/c1cc(C)c(C(=O)N(CC)C2CCCCC2)cc1C. The van der Waals surface area contributed by atoms with Crippen molar-refractivity contribution in [2.24, 2.45) is 4.99 Å². The molecule has 0 aliphatic heterocycles. The molecule has 0 aromatic heterocycles. The van der Waals surface area contributed by atoms with E-state index >= 15 is 0 Å². The van der Waals surface area contributed by atoms with Crippen molar-refractivity contribution in [3.8, 4) is 0 Å². The molecule has 0 bridgehead atoms. The van der Waals surface area contributed by atoms with Gasteiger partial charge in [-0.1, -0.05) is 19.3 Å². The predicted octanol–water partition coefficient (Wildman–Crippen LogP) is 4.82. The van der Waals surface area contributed by atoms with E-state index in [0.29, 0.717) is 6.04 Å². The van der Waals surface area contributed by atoms with E-state index in [1.54, 1.807) is 6.21 Å². The van der Waals surface area contributed by atoms with Crippen molar-refractivity contribution in [2.45, 2.75) is 65.8 Å². The number of benzene rings is 1. The van der Waals surface area contributed by atoms with Gasteiger partial charge in [0.2, 0.25) is 0 Å². The van der Waals surface area contributed by atoms with Crippen LogP contribution in [0.2, 0.25) is 0 Å². The zero-order chi connectivity index (χ0) is 16.1. The Morgan fingerprint density at radius 1 is 1.23 bits per heavy atom. The number of nitrogens with zero attached hydrogens (tertiary/aromatic N) is 2. The molecule has 22 heavy (non-hydrogen) atoms. The molecule has 3 heteroatoms. The summed E-state index contributed by atoms with van der Waals surface area (Å²) < 4.78 is 0. The van der Waals surface area contributed by atoms with Crippen LogP contribution in [0.4, 0.5) is 5.69 Å². The first kappa shape index (κ1) is 16.7. The van der Waals surface area contributed by atoms with E-state index in [4.69, 9.17) is 0 Å². The van der Waals surface area contributed by atoms with Crippen LogP contribution in [-0.2, 0) is 0 Å². The molecule has 0 atom stereocenters. The van der Waals surface area contributed by atoms with Gasteiger partial charge in [0, 0.05) is 24.4 Å². The fourth-order valence-electron chi connectivity index (χ4n) is 3.42. The number of aliphatic imine (C=N–C) groups is 1. The molecular formula is C19H28N2O. The lowest BCUT2D eigenvalue weighted by Crippen LogP contribution is -2.41. The van der Waals surface area contributed by atoms with Crippen molar-refractivity contribution in [1.82, 2.24) is 4.90 Å². The minimum absolute atomic E-state index is 0.182. The summed E-state index contributed by atoms with van der Waals surface area (Å²) in [5, 5.41) is 0. The van der Waals surface area contributed by atoms with Crippen LogP contribution in [0.3, 0.4) is 0 Å². The van der Waals surface area contributed by atoms with Crippen molar-refractivity contribution in [3.05, 3.63) is 28.8 Å². The highest BCUT2D eigenvalue weighted by Gasteiger charge is 2.26. The van der Waals surface area contributed by atoms with Gasteiger partial charge in [-0.2, -0.15) is 0 Å². The monoisotopic (exact) mass is 300 g/mol. The highest BCUT2D eigenvalue weighted by atomic mass is 16.2. The molecule has 1 saturated carbocycles. The fraction of sp³-hybridized carbons (Fsp3) is 0.579. The fourth-order valence-corrected chi connectivity index (χ4v) is 3.42. The van der Waals surface area contributed by atoms with Gasteiger partial charge in [0.1, 0.15) is 0 Å². The Morgan fingerprint density at radius 2 is 1.91 bits per heavy atom. The normalized spacial score (nSPS) is 16.2. The maximum Gasteiger partial charge on any atom is 0.254 e. The second-order valence-electron chi connectivity index (χ2n) is 6.22. The highest BCUT2D eigenvalue weighted by molar-refractivity contribution is 5.96. The van der Waals surface area contributed by atoms with Crippen molar-refractivity contribution < 1.29 is 4.79 Å². The van der Waals surface area contributed by atoms with Gasteiger partial charge in [0.15, 0.2) is 0 Å². The van der Waals surface area contributed by atoms with E-state index in [-0.39, 0.29) is 5.91 Å². The summed E-state index contributed by atoms with van der Waals surface area (Å²) >= 11 is 0. The molecule has 0 heterocycles. The van der Waals surface area contributed by atoms with Crippen molar-refractivity contribution >= 4 is 17.8 Å². The summed E-state index contributed by atoms with van der Waals surface area (Å²) in [6, 6.07) is 4.45. The lowest BCUT2D eigenvalue weighted by Gasteiger charge is -2.34. The predicted molar refractivity (Wildman–Crippen MR) is 93.3 cm³/mol. The molecule has 0 spiro atoms. The first-order valence-electron chi connectivity index (χ1n) is 8.49. The molecule has 1 amide bonds. The smallest absolute Gasteiger partial charge is 0.254 e. The van der Waals surface area contributed by atoms with Crippen LogP contribution in [0.15, 0.2) is 17.1 Å². The molecule has 1 aromatic rings. The van der Waals surface area contributed by atoms with Crippen LogP contribution in [0, 0.1) is 13.8 Å². The van der Waals surface area contributed by atoms with E-state index in [2.05, 4.69) is 16.8 Å². The summed E-state index contributed by atoms with van der Waals surface area (Å²) in [5.41, 5.74) is 3.87. The molecule has 2 rings (SSSR count). The Bertz CT molecular complexity index is 557. The zero-order valence-corrected chi connectivity index (χ0v) is 14.4. The lowest BCUT2D eigenvalue weighted by atomic mass is 9.93. The van der Waals surface area contributed by atoms with Gasteiger partial charge in [-0.3, -0.25) is 9.79 Å². The number of aryl methyl sites for hydroxylation is 2. The van der Waals surface area contributed by atoms with Gasteiger partial charge in [0.25, 0.3) is 5.91 Å². The average molecular weight is 300 g/mol. The summed E-state index contributed by atoms with van der Waals surface area (Å²) in [5.74, 6) is 0.182. The van der Waals surface area contributed by atoms with E-state index in [1.807, 2.05) is 32.9 Å². The maximum absolute atomic E-state index is 13.0. The Morgan fingerprint density at radius 3 is 2.50 bits per heavy atom. The third-order valence-corrected chi connectivity index (χ3v) is 4.66. The van der Waals surface area contributed by atoms with Crippen LogP contribution >= 0.6 is 0 Å². The van der Waals surface area contributed by atoms with Crippen molar-refractivity contribution in [2.75, 3.05) is 6.54 Å². The second kappa shape index (κ2) is 7.57. The first-order chi connectivity index (χ1) is 10.6. The van der Waals surface area contributed by atoms with E-state index in [1.165, 1.54) is 19.3 Å². The molecular weight excluding hydrogens is 272 g/mol. The van der Waals surface area contributed by atoms with Crippen molar-refractivity contribution in [3.63, 3.8) is 0 Å². The maximum atomic E-state index is 13.0. The Kier molecular flexibility index (Phi) is 5.76. The van der Waals surface area contributed by atoms with Gasteiger partial charge >= 0.3 is 0 Å². The third kappa shape index (κ3) is 3.57. The summed E-state index contributed by atoms with van der Waals surface area (Å²) in [6.45, 7) is 8.82. The number of rotatable bonds is 4. The number of carbonyl (C=O) groups is 1. The van der Waals surface area contributed by atoms with Gasteiger partial charge in [-0.25, -0.2) is 0 Å². The number of carbonyl (C=O) groups excluding carboxylic acids is 1. The molecule has 0 saturated heterocycles. The largest absolute Gasteiger partial charge is 0.336 e. The van der Waals surface area contributed by atoms with Gasteiger partial charge in [-0.05, 0) is 63.8 Å². The molecule has 1 aliphatic rings. The standard InChI is InChI=1S/C19H28N2O/c1-5-20-18-13-14(3)17(12-15(18)4)19(22)21(6-2)16-10-8-7-9-11-16/h5,12-13,16H,6-11H2,1-4H3/b20-5+. The molecule has 120 valence electrons. The third-order valence-electron chi connectivity index (χ3n) is 4.66. The molecule has 0 N–H and O–H groups in total. The minimum atomic E-state index is 0.182. The highest BCUT2D eigenvalue weighted by Crippen LogP contribution is 2.27. The topological polar surface area (TPSA) is 32.7 Å². The van der Waals surface area contributed by atoms with Gasteiger partial charge in [0.05, 0.1) is 5.69 Å². The molecule has 3 nitrogen and oxygen atoms in total. The Balaban J connectivity index is 2.28. The van der Waals surface area contributed by atoms with E-state index in [0.717, 1.165) is 41.8 Å². The van der Waals surface area contributed by atoms with Gasteiger partial charge < -0.3 is 4.90 Å². The molecule has 0 unspecified atom stereocenters. The van der Waals surface area contributed by atoms with Gasteiger partial charge in [-0.15, -0.1) is 0 Å². The summed E-state index contributed by atoms with van der Waals surface area (Å²) in [7, 11) is 0. The number of hydrogen-bond donors (Lipinski definition) is 0. The van der Waals surface area contributed by atoms with Crippen LogP contribution in [0.1, 0.15) is 67.4 Å². The quantitative estimate of drug-likeness (QED) is 0.734. The first-order valence-corrected chi connectivity index (χ1v) is 8.49. The Labute approximate surface area is 134 Å². The number of hydrogen-bond acceptors (Lipinski definition) is 2. The molecule has 1 aromatic carbocycles. The van der Waals surface area contributed by atoms with Crippen LogP contribution in [0.5, 0.6) is 0 Å². The second-order valence-corrected chi connectivity index (χ2v) is 6.22. The lowest BCUT2D eigenvalue weighted by molar-refractivity contribution is 0.0647. The summed E-state index contributed by atoms with van der Waals surface area (Å²) in [6.07, 6.45) is 7.90. The van der Waals surface area contributed by atoms with Crippen LogP contribution in [-0.4, -0.2) is 29.6 Å². The van der Waals surface area contributed by atoms with Crippen LogP contribution in [0.25, 0.3) is 0 Å². The zero-order valence-electron chi connectivity index (χ0n) is 14.4.